The van der Waals surface area contributed by atoms with Crippen molar-refractivity contribution in [2.75, 3.05) is 13.4 Å². The maximum atomic E-state index is 12.5. The van der Waals surface area contributed by atoms with Crippen LogP contribution < -0.4 is 11.2 Å². The number of hydrogen-bond acceptors (Lipinski definition) is 9. The van der Waals surface area contributed by atoms with Crippen molar-refractivity contribution >= 4 is 20.3 Å². The van der Waals surface area contributed by atoms with E-state index in [1.54, 1.807) is 0 Å². The number of ether oxygens (including phenoxy) is 4. The lowest BCUT2D eigenvalue weighted by Gasteiger charge is -2.42. The molecular weight excluding hydrogens is 464 g/mol. The van der Waals surface area contributed by atoms with E-state index in [4.69, 9.17) is 23.4 Å². The van der Waals surface area contributed by atoms with Gasteiger partial charge < -0.3 is 23.4 Å². The molecule has 1 aliphatic heterocycles. The minimum atomic E-state index is -2.25. The Labute approximate surface area is 199 Å². The molecular formula is C22H36N2O9Si. The number of H-pyrrole nitrogens is 1. The molecule has 0 radical (unpaired) electrons. The summed E-state index contributed by atoms with van der Waals surface area (Å²) in [6, 6.07) is 1.17. The quantitative estimate of drug-likeness (QED) is 0.290. The van der Waals surface area contributed by atoms with Gasteiger partial charge in [-0.15, -0.1) is 0 Å². The first-order chi connectivity index (χ1) is 15.7. The number of esters is 2. The molecule has 34 heavy (non-hydrogen) atoms. The zero-order chi connectivity index (χ0) is 25.8. The average molecular weight is 501 g/mol. The molecule has 1 aromatic rings. The maximum absolute atomic E-state index is 12.5. The average Bonchev–Trinajstić information content (AvgIpc) is 3.02. The van der Waals surface area contributed by atoms with Crippen LogP contribution in [-0.2, 0) is 33.0 Å². The second-order valence-electron chi connectivity index (χ2n) is 9.74. The summed E-state index contributed by atoms with van der Waals surface area (Å²) in [5.41, 5.74) is -1.30. The van der Waals surface area contributed by atoms with Gasteiger partial charge in [0.05, 0.1) is 0 Å². The van der Waals surface area contributed by atoms with Gasteiger partial charge in [-0.25, -0.2) is 4.79 Å². The molecule has 2 rings (SSSR count). The molecule has 192 valence electrons. The topological polar surface area (TPSA) is 135 Å². The Morgan fingerprint density at radius 2 is 1.82 bits per heavy atom. The minimum absolute atomic E-state index is 0.0645. The number of aromatic nitrogens is 2. The fourth-order valence-electron chi connectivity index (χ4n) is 3.55. The highest BCUT2D eigenvalue weighted by atomic mass is 28.4. The number of carbonyl (C=O) groups is 2. The lowest BCUT2D eigenvalue weighted by atomic mass is 9.99. The zero-order valence-electron chi connectivity index (χ0n) is 21.1. The van der Waals surface area contributed by atoms with Crippen molar-refractivity contribution in [1.82, 2.24) is 9.55 Å². The highest BCUT2D eigenvalue weighted by Gasteiger charge is 2.50. The first kappa shape index (κ1) is 28.0. The van der Waals surface area contributed by atoms with E-state index in [-0.39, 0.29) is 18.4 Å². The largest absolute Gasteiger partial charge is 0.463 e. The molecule has 1 aliphatic rings. The van der Waals surface area contributed by atoms with Crippen molar-refractivity contribution in [3.8, 4) is 0 Å². The number of hydrogen-bond donors (Lipinski definition) is 1. The molecule has 12 heteroatoms. The summed E-state index contributed by atoms with van der Waals surface area (Å²) >= 11 is 0. The summed E-state index contributed by atoms with van der Waals surface area (Å²) in [6.45, 7) is 14.9. The molecule has 1 unspecified atom stereocenters. The molecule has 1 fully saturated rings. The molecule has 4 atom stereocenters. The smallest absolute Gasteiger partial charge is 0.330 e. The molecule has 1 aromatic heterocycles. The fourth-order valence-corrected chi connectivity index (χ4v) is 5.67. The van der Waals surface area contributed by atoms with Crippen LogP contribution in [-0.4, -0.2) is 61.5 Å². The molecule has 0 spiro atoms. The first-order valence-corrected chi connectivity index (χ1v) is 14.1. The Kier molecular flexibility index (Phi) is 9.02. The summed E-state index contributed by atoms with van der Waals surface area (Å²) in [5.74, 6) is -0.765. The van der Waals surface area contributed by atoms with Gasteiger partial charge in [0, 0.05) is 26.1 Å². The van der Waals surface area contributed by atoms with Crippen LogP contribution in [0, 0.1) is 5.92 Å². The summed E-state index contributed by atoms with van der Waals surface area (Å²) < 4.78 is 29.9. The molecule has 0 amide bonds. The van der Waals surface area contributed by atoms with Crippen LogP contribution in [0.4, 0.5) is 0 Å². The molecule has 0 aromatic carbocycles. The predicted molar refractivity (Wildman–Crippen MR) is 125 cm³/mol. The third kappa shape index (κ3) is 6.43. The zero-order valence-corrected chi connectivity index (χ0v) is 22.1. The van der Waals surface area contributed by atoms with Crippen molar-refractivity contribution < 1.29 is 33.0 Å². The highest BCUT2D eigenvalue weighted by molar-refractivity contribution is 6.74. The Morgan fingerprint density at radius 3 is 2.35 bits per heavy atom. The second kappa shape index (κ2) is 11.0. The van der Waals surface area contributed by atoms with E-state index in [9.17, 15) is 19.2 Å². The standard InChI is InChI=1S/C22H36N2O9Si/c1-13(2)22(5,6)34(7,8)31-12-30-19-18(32-15(4)26)16(11-29-14(3)25)33-20(19)24-10-9-17(27)23-21(24)28/h9-10,13,16,18-20H,11-12H2,1-8H3,(H,23,27,28)/t16?,18-,19-,20-/m1/s1. The summed E-state index contributed by atoms with van der Waals surface area (Å²) in [4.78, 5) is 49.4. The van der Waals surface area contributed by atoms with Gasteiger partial charge in [0.15, 0.2) is 20.6 Å². The van der Waals surface area contributed by atoms with Crippen LogP contribution in [0.25, 0.3) is 0 Å². The van der Waals surface area contributed by atoms with Gasteiger partial charge in [0.25, 0.3) is 5.56 Å². The van der Waals surface area contributed by atoms with E-state index in [0.29, 0.717) is 5.92 Å². The van der Waals surface area contributed by atoms with E-state index in [2.05, 4.69) is 45.8 Å². The monoisotopic (exact) mass is 500 g/mol. The van der Waals surface area contributed by atoms with Gasteiger partial charge in [0.1, 0.15) is 25.6 Å². The van der Waals surface area contributed by atoms with Gasteiger partial charge in [-0.05, 0) is 24.1 Å². The minimum Gasteiger partial charge on any atom is -0.463 e. The van der Waals surface area contributed by atoms with E-state index in [1.807, 2.05) is 0 Å². The molecule has 1 N–H and O–H groups in total. The normalized spacial score (nSPS) is 23.2. The number of aromatic amines is 1. The fraction of sp³-hybridized carbons (Fsp3) is 0.727. The Hall–Kier alpha value is -2.28. The second-order valence-corrected chi connectivity index (χ2v) is 14.3. The Morgan fingerprint density at radius 1 is 1.18 bits per heavy atom. The van der Waals surface area contributed by atoms with Crippen molar-refractivity contribution in [3.63, 3.8) is 0 Å². The van der Waals surface area contributed by atoms with Crippen molar-refractivity contribution in [2.24, 2.45) is 5.92 Å². The van der Waals surface area contributed by atoms with E-state index < -0.39 is 56.0 Å². The molecule has 2 heterocycles. The highest BCUT2D eigenvalue weighted by Crippen LogP contribution is 2.44. The number of rotatable bonds is 10. The van der Waals surface area contributed by atoms with Gasteiger partial charge in [-0.3, -0.25) is 23.9 Å². The SMILES string of the molecule is CC(=O)OCC1O[C@@H](n2ccc(=O)[nH]c2=O)[C@H](OCO[Si](C)(C)C(C)(C)C(C)C)[C@@H]1OC(C)=O. The van der Waals surface area contributed by atoms with E-state index in [0.717, 1.165) is 4.57 Å². The van der Waals surface area contributed by atoms with Crippen LogP contribution in [0.1, 0.15) is 47.8 Å². The van der Waals surface area contributed by atoms with Crippen LogP contribution in [0.2, 0.25) is 18.1 Å². The van der Waals surface area contributed by atoms with Gasteiger partial charge >= 0.3 is 17.6 Å². The van der Waals surface area contributed by atoms with Crippen molar-refractivity contribution in [1.29, 1.82) is 0 Å². The van der Waals surface area contributed by atoms with Gasteiger partial charge in [0.2, 0.25) is 0 Å². The number of nitrogens with one attached hydrogen (secondary N) is 1. The molecule has 11 nitrogen and oxygen atoms in total. The van der Waals surface area contributed by atoms with E-state index in [1.165, 1.54) is 26.1 Å². The first-order valence-electron chi connectivity index (χ1n) is 11.2. The molecule has 0 aliphatic carbocycles. The summed E-state index contributed by atoms with van der Waals surface area (Å²) in [5, 5.41) is -0.0645. The van der Waals surface area contributed by atoms with Crippen molar-refractivity contribution in [3.05, 3.63) is 33.1 Å². The summed E-state index contributed by atoms with van der Waals surface area (Å²) in [7, 11) is -2.25. The van der Waals surface area contributed by atoms with Crippen LogP contribution in [0.5, 0.6) is 0 Å². The molecule has 1 saturated heterocycles. The number of nitrogens with zero attached hydrogens (tertiary/aromatic N) is 1. The predicted octanol–water partition coefficient (Wildman–Crippen LogP) is 1.93. The van der Waals surface area contributed by atoms with Crippen LogP contribution in [0.15, 0.2) is 21.9 Å². The maximum Gasteiger partial charge on any atom is 0.330 e. The van der Waals surface area contributed by atoms with Crippen LogP contribution in [0.3, 0.4) is 0 Å². The number of carbonyl (C=O) groups excluding carboxylic acids is 2. The molecule has 0 saturated carbocycles. The third-order valence-corrected chi connectivity index (χ3v) is 11.4. The lowest BCUT2D eigenvalue weighted by molar-refractivity contribution is -0.162. The summed E-state index contributed by atoms with van der Waals surface area (Å²) in [6.07, 6.45) is -2.67. The third-order valence-electron chi connectivity index (χ3n) is 6.84. The van der Waals surface area contributed by atoms with Gasteiger partial charge in [-0.1, -0.05) is 27.7 Å². The van der Waals surface area contributed by atoms with Crippen LogP contribution >= 0.6 is 0 Å². The van der Waals surface area contributed by atoms with Gasteiger partial charge in [-0.2, -0.15) is 0 Å². The Balaban J connectivity index is 2.35. The molecule has 0 bridgehead atoms. The Bertz CT molecular complexity index is 985. The van der Waals surface area contributed by atoms with E-state index >= 15 is 0 Å². The van der Waals surface area contributed by atoms with Crippen molar-refractivity contribution in [2.45, 2.75) is 84.2 Å². The lowest BCUT2D eigenvalue weighted by Crippen LogP contribution is -2.47.